The van der Waals surface area contributed by atoms with Gasteiger partial charge >= 0.3 is 0 Å². The van der Waals surface area contributed by atoms with E-state index in [4.69, 9.17) is 4.98 Å². The van der Waals surface area contributed by atoms with E-state index in [1.165, 1.54) is 9.71 Å². The Morgan fingerprint density at radius 1 is 1.44 bits per heavy atom. The van der Waals surface area contributed by atoms with Crippen molar-refractivity contribution in [1.29, 1.82) is 0 Å². The second-order valence-corrected chi connectivity index (χ2v) is 7.88. The molecule has 0 aliphatic carbocycles. The fraction of sp³-hybridized carbons (Fsp3) is 0.500. The molecule has 1 saturated heterocycles. The third kappa shape index (κ3) is 2.10. The summed E-state index contributed by atoms with van der Waals surface area (Å²) in [6, 6.07) is 6.36. The van der Waals surface area contributed by atoms with Crippen molar-refractivity contribution < 1.29 is 0 Å². The van der Waals surface area contributed by atoms with E-state index in [0.29, 0.717) is 11.3 Å². The van der Waals surface area contributed by atoms with E-state index < -0.39 is 0 Å². The maximum Gasteiger partial charge on any atom is 0.0988 e. The van der Waals surface area contributed by atoms with Gasteiger partial charge in [-0.05, 0) is 30.7 Å². The first-order valence-electron chi connectivity index (χ1n) is 6.20. The summed E-state index contributed by atoms with van der Waals surface area (Å²) in [5.41, 5.74) is 1.44. The molecule has 0 N–H and O–H groups in total. The minimum absolute atomic E-state index is 0.319. The zero-order chi connectivity index (χ0) is 12.9. The number of fused-ring (bicyclic) bond motifs is 1. The summed E-state index contributed by atoms with van der Waals surface area (Å²) in [5.74, 6) is 0.554. The van der Waals surface area contributed by atoms with E-state index in [2.05, 4.69) is 59.9 Å². The summed E-state index contributed by atoms with van der Waals surface area (Å²) < 4.78 is 2.40. The minimum Gasteiger partial charge on any atom is -0.305 e. The number of halogens is 1. The standard InChI is InChI=1S/C14H17BrN2S/c1-14(2)8-17(3)7-10(14)13-16-11-6-9(15)4-5-12(11)18-13/h4-6,10H,7-8H2,1-3H3. The molecular weight excluding hydrogens is 308 g/mol. The first-order valence-corrected chi connectivity index (χ1v) is 7.81. The molecule has 0 spiro atoms. The van der Waals surface area contributed by atoms with Gasteiger partial charge in [0, 0.05) is 23.5 Å². The van der Waals surface area contributed by atoms with E-state index in [9.17, 15) is 0 Å². The lowest BCUT2D eigenvalue weighted by Crippen LogP contribution is -2.21. The van der Waals surface area contributed by atoms with Crippen LogP contribution in [0.1, 0.15) is 24.8 Å². The maximum atomic E-state index is 4.85. The topological polar surface area (TPSA) is 16.1 Å². The third-order valence-corrected chi connectivity index (χ3v) is 5.42. The average Bonchev–Trinajstić information content (AvgIpc) is 2.77. The van der Waals surface area contributed by atoms with Gasteiger partial charge in [0.1, 0.15) is 0 Å². The lowest BCUT2D eigenvalue weighted by atomic mass is 9.82. The number of likely N-dealkylation sites (N-methyl/N-ethyl adjacent to an activating group) is 1. The SMILES string of the molecule is CN1CC(c2nc3cc(Br)ccc3s2)C(C)(C)C1. The molecule has 2 nitrogen and oxygen atoms in total. The van der Waals surface area contributed by atoms with Gasteiger partial charge in [0.15, 0.2) is 0 Å². The lowest BCUT2D eigenvalue weighted by molar-refractivity contribution is 0.324. The highest BCUT2D eigenvalue weighted by Crippen LogP contribution is 2.44. The summed E-state index contributed by atoms with van der Waals surface area (Å²) in [5, 5.41) is 1.29. The minimum atomic E-state index is 0.319. The van der Waals surface area contributed by atoms with Gasteiger partial charge in [0.05, 0.1) is 15.2 Å². The molecule has 1 fully saturated rings. The van der Waals surface area contributed by atoms with Gasteiger partial charge in [-0.2, -0.15) is 0 Å². The molecule has 4 heteroatoms. The average molecular weight is 325 g/mol. The van der Waals surface area contributed by atoms with Crippen LogP contribution in [0.3, 0.4) is 0 Å². The number of hydrogen-bond acceptors (Lipinski definition) is 3. The Labute approximate surface area is 120 Å². The molecule has 0 radical (unpaired) electrons. The molecule has 1 unspecified atom stereocenters. The second kappa shape index (κ2) is 4.29. The fourth-order valence-corrected chi connectivity index (χ4v) is 4.51. The van der Waals surface area contributed by atoms with Crippen molar-refractivity contribution in [2.45, 2.75) is 19.8 Å². The molecule has 1 aromatic carbocycles. The second-order valence-electron chi connectivity index (χ2n) is 5.90. The van der Waals surface area contributed by atoms with Gasteiger partial charge in [-0.3, -0.25) is 0 Å². The van der Waals surface area contributed by atoms with Crippen molar-refractivity contribution in [1.82, 2.24) is 9.88 Å². The number of likely N-dealkylation sites (tertiary alicyclic amines) is 1. The normalized spacial score (nSPS) is 23.9. The molecule has 2 aromatic rings. The van der Waals surface area contributed by atoms with Crippen LogP contribution in [0, 0.1) is 5.41 Å². The molecule has 1 aliphatic rings. The molecule has 1 aliphatic heterocycles. The van der Waals surface area contributed by atoms with E-state index in [-0.39, 0.29) is 0 Å². The number of nitrogens with zero attached hydrogens (tertiary/aromatic N) is 2. The molecule has 96 valence electrons. The van der Waals surface area contributed by atoms with Crippen LogP contribution in [0.25, 0.3) is 10.2 Å². The Kier molecular flexibility index (Phi) is 3.00. The molecule has 1 aromatic heterocycles. The summed E-state index contributed by atoms with van der Waals surface area (Å²) in [7, 11) is 2.20. The van der Waals surface area contributed by atoms with Crippen molar-refractivity contribution >= 4 is 37.5 Å². The van der Waals surface area contributed by atoms with Crippen molar-refractivity contribution in [3.05, 3.63) is 27.7 Å². The number of rotatable bonds is 1. The summed E-state index contributed by atoms with van der Waals surface area (Å²) in [6.07, 6.45) is 0. The zero-order valence-electron chi connectivity index (χ0n) is 10.9. The first kappa shape index (κ1) is 12.6. The Bertz CT molecular complexity index is 590. The molecule has 1 atom stereocenters. The lowest BCUT2D eigenvalue weighted by Gasteiger charge is -2.23. The maximum absolute atomic E-state index is 4.85. The van der Waals surface area contributed by atoms with Gasteiger partial charge in [0.25, 0.3) is 0 Å². The predicted molar refractivity (Wildman–Crippen MR) is 81.3 cm³/mol. The Hall–Kier alpha value is -0.450. The van der Waals surface area contributed by atoms with Crippen LogP contribution < -0.4 is 0 Å². The molecule has 3 rings (SSSR count). The van der Waals surface area contributed by atoms with Crippen LogP contribution in [0.2, 0.25) is 0 Å². The Morgan fingerprint density at radius 2 is 2.22 bits per heavy atom. The highest BCUT2D eigenvalue weighted by Gasteiger charge is 2.40. The Balaban J connectivity index is 2.04. The van der Waals surface area contributed by atoms with Crippen molar-refractivity contribution in [2.75, 3.05) is 20.1 Å². The number of aromatic nitrogens is 1. The molecule has 18 heavy (non-hydrogen) atoms. The van der Waals surface area contributed by atoms with Crippen LogP contribution in [0.5, 0.6) is 0 Å². The van der Waals surface area contributed by atoms with Gasteiger partial charge in [0.2, 0.25) is 0 Å². The van der Waals surface area contributed by atoms with Crippen LogP contribution in [-0.4, -0.2) is 30.0 Å². The van der Waals surface area contributed by atoms with Gasteiger partial charge in [-0.25, -0.2) is 4.98 Å². The van der Waals surface area contributed by atoms with E-state index in [1.807, 2.05) is 11.3 Å². The van der Waals surface area contributed by atoms with Crippen LogP contribution in [0.15, 0.2) is 22.7 Å². The van der Waals surface area contributed by atoms with Crippen molar-refractivity contribution in [3.8, 4) is 0 Å². The molecule has 0 amide bonds. The third-order valence-electron chi connectivity index (χ3n) is 3.78. The van der Waals surface area contributed by atoms with Crippen LogP contribution >= 0.6 is 27.3 Å². The highest BCUT2D eigenvalue weighted by molar-refractivity contribution is 9.10. The number of hydrogen-bond donors (Lipinski definition) is 0. The zero-order valence-corrected chi connectivity index (χ0v) is 13.3. The van der Waals surface area contributed by atoms with Crippen LogP contribution in [-0.2, 0) is 0 Å². The largest absolute Gasteiger partial charge is 0.305 e. The summed E-state index contributed by atoms with van der Waals surface area (Å²) in [4.78, 5) is 7.26. The molecule has 0 saturated carbocycles. The predicted octanol–water partition coefficient (Wildman–Crippen LogP) is 4.11. The van der Waals surface area contributed by atoms with Gasteiger partial charge < -0.3 is 4.90 Å². The highest BCUT2D eigenvalue weighted by atomic mass is 79.9. The quantitative estimate of drug-likeness (QED) is 0.784. The molecule has 0 bridgehead atoms. The Morgan fingerprint density at radius 3 is 2.89 bits per heavy atom. The fourth-order valence-electron chi connectivity index (χ4n) is 2.91. The smallest absolute Gasteiger partial charge is 0.0988 e. The summed E-state index contributed by atoms with van der Waals surface area (Å²) in [6.45, 7) is 6.97. The van der Waals surface area contributed by atoms with Crippen molar-refractivity contribution in [3.63, 3.8) is 0 Å². The van der Waals surface area contributed by atoms with Gasteiger partial charge in [-0.15, -0.1) is 11.3 Å². The van der Waals surface area contributed by atoms with E-state index in [0.717, 1.165) is 23.1 Å². The van der Waals surface area contributed by atoms with E-state index >= 15 is 0 Å². The van der Waals surface area contributed by atoms with E-state index in [1.54, 1.807) is 0 Å². The summed E-state index contributed by atoms with van der Waals surface area (Å²) >= 11 is 5.36. The first-order chi connectivity index (χ1) is 8.45. The van der Waals surface area contributed by atoms with Gasteiger partial charge in [-0.1, -0.05) is 29.8 Å². The molecule has 2 heterocycles. The number of benzene rings is 1. The van der Waals surface area contributed by atoms with Crippen molar-refractivity contribution in [2.24, 2.45) is 5.41 Å². The number of thiazole rings is 1. The van der Waals surface area contributed by atoms with Crippen LogP contribution in [0.4, 0.5) is 0 Å². The molecular formula is C14H17BrN2S. The monoisotopic (exact) mass is 324 g/mol.